The highest BCUT2D eigenvalue weighted by molar-refractivity contribution is 7.41. The third-order valence-corrected chi connectivity index (χ3v) is 5.57. The van der Waals surface area contributed by atoms with Gasteiger partial charge in [0.1, 0.15) is 35.6 Å². The van der Waals surface area contributed by atoms with Gasteiger partial charge in [-0.2, -0.15) is 0 Å². The highest BCUT2D eigenvalue weighted by Crippen LogP contribution is 2.40. The SMILES string of the molecule is CC(COP(OCC(C)Oc1ccccc1)OCC(C)Oc1ccccc1)Oc1ccccc1. The predicted octanol–water partition coefficient (Wildman–Crippen LogP) is 6.67. The molecule has 0 radical (unpaired) electrons. The third-order valence-electron chi connectivity index (χ3n) is 4.49. The van der Waals surface area contributed by atoms with Gasteiger partial charge in [0.15, 0.2) is 0 Å². The summed E-state index contributed by atoms with van der Waals surface area (Å²) in [6, 6.07) is 28.9. The van der Waals surface area contributed by atoms with Crippen LogP contribution in [0.25, 0.3) is 0 Å². The van der Waals surface area contributed by atoms with Crippen molar-refractivity contribution in [3.8, 4) is 17.2 Å². The van der Waals surface area contributed by atoms with Gasteiger partial charge in [-0.1, -0.05) is 54.6 Å². The van der Waals surface area contributed by atoms with Crippen LogP contribution in [-0.2, 0) is 13.6 Å². The molecule has 0 aliphatic heterocycles. The summed E-state index contributed by atoms with van der Waals surface area (Å²) in [7, 11) is -1.62. The van der Waals surface area contributed by atoms with Gasteiger partial charge in [0.05, 0.1) is 19.8 Å². The molecule has 0 N–H and O–H groups in total. The Labute approximate surface area is 203 Å². The van der Waals surface area contributed by atoms with Crippen LogP contribution in [0.15, 0.2) is 91.0 Å². The summed E-state index contributed by atoms with van der Waals surface area (Å²) >= 11 is 0. The minimum absolute atomic E-state index is 0.171. The average Bonchev–Trinajstić information content (AvgIpc) is 2.85. The van der Waals surface area contributed by atoms with Crippen molar-refractivity contribution in [1.82, 2.24) is 0 Å². The van der Waals surface area contributed by atoms with Gasteiger partial charge in [0, 0.05) is 0 Å². The van der Waals surface area contributed by atoms with E-state index in [-0.39, 0.29) is 18.3 Å². The van der Waals surface area contributed by atoms with E-state index in [1.807, 2.05) is 112 Å². The Balaban J connectivity index is 1.49. The molecule has 3 atom stereocenters. The highest BCUT2D eigenvalue weighted by atomic mass is 31.2. The molecule has 0 aliphatic rings. The Hall–Kier alpha value is -2.63. The molecule has 0 spiro atoms. The van der Waals surface area contributed by atoms with Crippen LogP contribution in [0.3, 0.4) is 0 Å². The van der Waals surface area contributed by atoms with E-state index in [0.717, 1.165) is 17.2 Å². The summed E-state index contributed by atoms with van der Waals surface area (Å²) in [5.41, 5.74) is 0. The summed E-state index contributed by atoms with van der Waals surface area (Å²) in [5, 5.41) is 0. The number of para-hydroxylation sites is 3. The Morgan fingerprint density at radius 1 is 0.471 bits per heavy atom. The van der Waals surface area contributed by atoms with Gasteiger partial charge in [0.25, 0.3) is 0 Å². The van der Waals surface area contributed by atoms with E-state index in [0.29, 0.717) is 19.8 Å². The first kappa shape index (κ1) is 26.0. The van der Waals surface area contributed by atoms with E-state index in [9.17, 15) is 0 Å². The Bertz CT molecular complexity index is 790. The number of hydrogen-bond acceptors (Lipinski definition) is 6. The lowest BCUT2D eigenvalue weighted by Gasteiger charge is -2.23. The second kappa shape index (κ2) is 14.6. The van der Waals surface area contributed by atoms with Crippen LogP contribution in [0.1, 0.15) is 20.8 Å². The van der Waals surface area contributed by atoms with Gasteiger partial charge in [-0.3, -0.25) is 0 Å². The standard InChI is InChI=1S/C27H33O6P/c1-22(31-25-13-7-4-8-14-25)19-28-34(29-20-23(2)32-26-15-9-5-10-16-26)30-21-24(3)33-27-17-11-6-12-18-27/h4-18,22-24H,19-21H2,1-3H3. The molecule has 3 aromatic rings. The fourth-order valence-electron chi connectivity index (χ4n) is 2.91. The molecule has 0 amide bonds. The van der Waals surface area contributed by atoms with E-state index in [4.69, 9.17) is 27.8 Å². The van der Waals surface area contributed by atoms with Crippen molar-refractivity contribution >= 4 is 8.60 Å². The molecule has 0 fully saturated rings. The van der Waals surface area contributed by atoms with Crippen LogP contribution >= 0.6 is 8.60 Å². The average molecular weight is 485 g/mol. The van der Waals surface area contributed by atoms with Crippen molar-refractivity contribution in [1.29, 1.82) is 0 Å². The molecule has 0 bridgehead atoms. The predicted molar refractivity (Wildman–Crippen MR) is 134 cm³/mol. The topological polar surface area (TPSA) is 55.4 Å². The maximum atomic E-state index is 5.96. The van der Waals surface area contributed by atoms with Crippen molar-refractivity contribution in [2.75, 3.05) is 19.8 Å². The second-order valence-electron chi connectivity index (χ2n) is 7.84. The number of benzene rings is 3. The Kier molecular flexibility index (Phi) is 11.2. The first-order chi connectivity index (χ1) is 16.6. The van der Waals surface area contributed by atoms with Crippen LogP contribution in [0.5, 0.6) is 17.2 Å². The van der Waals surface area contributed by atoms with E-state index < -0.39 is 8.60 Å². The monoisotopic (exact) mass is 484 g/mol. The van der Waals surface area contributed by atoms with Gasteiger partial charge < -0.3 is 27.8 Å². The molecule has 0 aromatic heterocycles. The maximum Gasteiger partial charge on any atom is 0.333 e. The summed E-state index contributed by atoms with van der Waals surface area (Å²) in [6.45, 7) is 6.81. The lowest BCUT2D eigenvalue weighted by molar-refractivity contribution is 0.0664. The van der Waals surface area contributed by atoms with Crippen LogP contribution in [0.2, 0.25) is 0 Å². The third kappa shape index (κ3) is 10.1. The molecule has 0 heterocycles. The van der Waals surface area contributed by atoms with Crippen molar-refractivity contribution in [3.05, 3.63) is 91.0 Å². The van der Waals surface area contributed by atoms with E-state index in [1.54, 1.807) is 0 Å². The molecule has 0 saturated carbocycles. The first-order valence-corrected chi connectivity index (χ1v) is 12.5. The lowest BCUT2D eigenvalue weighted by Crippen LogP contribution is -2.22. The van der Waals surface area contributed by atoms with Crippen LogP contribution in [0, 0.1) is 0 Å². The normalized spacial score (nSPS) is 14.6. The van der Waals surface area contributed by atoms with Crippen molar-refractivity contribution in [3.63, 3.8) is 0 Å². The van der Waals surface area contributed by atoms with Gasteiger partial charge in [0.2, 0.25) is 0 Å². The van der Waals surface area contributed by atoms with Crippen LogP contribution in [-0.4, -0.2) is 38.1 Å². The minimum atomic E-state index is -1.62. The second-order valence-corrected chi connectivity index (χ2v) is 9.06. The smallest absolute Gasteiger partial charge is 0.333 e. The first-order valence-electron chi connectivity index (χ1n) is 11.4. The molecule has 0 saturated heterocycles. The van der Waals surface area contributed by atoms with Gasteiger partial charge >= 0.3 is 8.60 Å². The molecule has 3 aromatic carbocycles. The molecule has 3 rings (SSSR count). The highest BCUT2D eigenvalue weighted by Gasteiger charge is 2.19. The zero-order valence-electron chi connectivity index (χ0n) is 19.9. The molecule has 34 heavy (non-hydrogen) atoms. The molecule has 6 nitrogen and oxygen atoms in total. The summed E-state index contributed by atoms with van der Waals surface area (Å²) in [6.07, 6.45) is -0.512. The van der Waals surface area contributed by atoms with Gasteiger partial charge in [-0.15, -0.1) is 0 Å². The van der Waals surface area contributed by atoms with Crippen molar-refractivity contribution < 1.29 is 27.8 Å². The lowest BCUT2D eigenvalue weighted by atomic mass is 10.3. The van der Waals surface area contributed by atoms with E-state index >= 15 is 0 Å². The van der Waals surface area contributed by atoms with Crippen molar-refractivity contribution in [2.45, 2.75) is 39.1 Å². The van der Waals surface area contributed by atoms with E-state index in [1.165, 1.54) is 0 Å². The Morgan fingerprint density at radius 3 is 1.00 bits per heavy atom. The molecular weight excluding hydrogens is 451 g/mol. The number of rotatable bonds is 15. The summed E-state index contributed by atoms with van der Waals surface area (Å²) in [5.74, 6) is 2.37. The van der Waals surface area contributed by atoms with Gasteiger partial charge in [-0.05, 0) is 57.2 Å². The molecule has 7 heteroatoms. The quantitative estimate of drug-likeness (QED) is 0.225. The largest absolute Gasteiger partial charge is 0.488 e. The summed E-state index contributed by atoms with van der Waals surface area (Å²) < 4.78 is 35.6. The molecular formula is C27H33O6P. The van der Waals surface area contributed by atoms with Crippen LogP contribution in [0.4, 0.5) is 0 Å². The number of ether oxygens (including phenoxy) is 3. The fourth-order valence-corrected chi connectivity index (χ4v) is 4.12. The van der Waals surface area contributed by atoms with Gasteiger partial charge in [-0.25, -0.2) is 0 Å². The minimum Gasteiger partial charge on any atom is -0.488 e. The Morgan fingerprint density at radius 2 is 0.735 bits per heavy atom. The number of hydrogen-bond donors (Lipinski definition) is 0. The fraction of sp³-hybridized carbons (Fsp3) is 0.333. The molecule has 3 unspecified atom stereocenters. The van der Waals surface area contributed by atoms with Crippen LogP contribution < -0.4 is 14.2 Å². The molecule has 0 aliphatic carbocycles. The summed E-state index contributed by atoms with van der Waals surface area (Å²) in [4.78, 5) is 0. The molecule has 182 valence electrons. The van der Waals surface area contributed by atoms with Crippen molar-refractivity contribution in [2.24, 2.45) is 0 Å². The van der Waals surface area contributed by atoms with E-state index in [2.05, 4.69) is 0 Å². The zero-order chi connectivity index (χ0) is 24.0. The maximum absolute atomic E-state index is 5.96. The zero-order valence-corrected chi connectivity index (χ0v) is 20.8.